The lowest BCUT2D eigenvalue weighted by Gasteiger charge is -2.35. The third kappa shape index (κ3) is 2.59. The molecular weight excluding hydrogens is 314 g/mol. The van der Waals surface area contributed by atoms with Gasteiger partial charge in [0.15, 0.2) is 0 Å². The number of carbonyl (C=O) groups is 1. The van der Waals surface area contributed by atoms with Crippen molar-refractivity contribution in [2.24, 2.45) is 0 Å². The predicted octanol–water partition coefficient (Wildman–Crippen LogP) is 3.23. The Kier molecular flexibility index (Phi) is 3.76. The number of hydrogen-bond donors (Lipinski definition) is 1. The quantitative estimate of drug-likeness (QED) is 0.938. The molecule has 2 saturated heterocycles. The lowest BCUT2D eigenvalue weighted by atomic mass is 9.98. The molecule has 2 atom stereocenters. The maximum Gasteiger partial charge on any atom is 0.273 e. The summed E-state index contributed by atoms with van der Waals surface area (Å²) in [6, 6.07) is 5.59. The molecule has 2 fully saturated rings. The second kappa shape index (κ2) is 5.76. The highest BCUT2D eigenvalue weighted by Crippen LogP contribution is 2.31. The second-order valence-corrected chi connectivity index (χ2v) is 8.00. The van der Waals surface area contributed by atoms with Gasteiger partial charge in [0.05, 0.1) is 4.88 Å². The molecule has 0 aliphatic carbocycles. The van der Waals surface area contributed by atoms with Gasteiger partial charge in [-0.05, 0) is 37.1 Å². The number of carbonyl (C=O) groups excluding carboxylic acids is 1. The standard InChI is InChI=1S/C16H19N3OS2/c1-19(12-7-10-4-5-11(8-12)17-10)16(20)13-9-22-15(18-13)14-3-2-6-21-14/h2-3,6,9-12,17H,4-5,7-8H2,1H3. The van der Waals surface area contributed by atoms with E-state index in [2.05, 4.69) is 10.3 Å². The first kappa shape index (κ1) is 14.4. The zero-order valence-electron chi connectivity index (χ0n) is 12.5. The largest absolute Gasteiger partial charge is 0.337 e. The molecule has 1 N–H and O–H groups in total. The number of thiophene rings is 1. The van der Waals surface area contributed by atoms with Crippen LogP contribution in [0.25, 0.3) is 9.88 Å². The number of piperidine rings is 1. The summed E-state index contributed by atoms with van der Waals surface area (Å²) in [6.45, 7) is 0. The van der Waals surface area contributed by atoms with E-state index in [1.807, 2.05) is 34.8 Å². The summed E-state index contributed by atoms with van der Waals surface area (Å²) in [5, 5.41) is 8.50. The highest BCUT2D eigenvalue weighted by Gasteiger charge is 2.36. The van der Waals surface area contributed by atoms with E-state index in [4.69, 9.17) is 0 Å². The molecule has 0 saturated carbocycles. The Balaban J connectivity index is 1.49. The Morgan fingerprint density at radius 1 is 1.32 bits per heavy atom. The fraction of sp³-hybridized carbons (Fsp3) is 0.500. The molecule has 4 rings (SSSR count). The van der Waals surface area contributed by atoms with Crippen LogP contribution in [0.2, 0.25) is 0 Å². The first-order valence-electron chi connectivity index (χ1n) is 7.73. The molecule has 22 heavy (non-hydrogen) atoms. The van der Waals surface area contributed by atoms with Crippen LogP contribution in [0.1, 0.15) is 36.2 Å². The molecule has 6 heteroatoms. The first-order chi connectivity index (χ1) is 10.7. The van der Waals surface area contributed by atoms with Crippen LogP contribution in [0.5, 0.6) is 0 Å². The lowest BCUT2D eigenvalue weighted by molar-refractivity contribution is 0.0676. The van der Waals surface area contributed by atoms with Gasteiger partial charge in [-0.2, -0.15) is 0 Å². The van der Waals surface area contributed by atoms with E-state index in [1.165, 1.54) is 12.8 Å². The van der Waals surface area contributed by atoms with Gasteiger partial charge in [0.2, 0.25) is 0 Å². The van der Waals surface area contributed by atoms with Gasteiger partial charge in [-0.1, -0.05) is 6.07 Å². The molecule has 2 bridgehead atoms. The summed E-state index contributed by atoms with van der Waals surface area (Å²) < 4.78 is 0. The molecule has 4 heterocycles. The number of thiazole rings is 1. The molecule has 116 valence electrons. The zero-order chi connectivity index (χ0) is 15.1. The molecule has 2 aromatic heterocycles. The molecule has 2 aromatic rings. The number of amides is 1. The van der Waals surface area contributed by atoms with Gasteiger partial charge in [0, 0.05) is 30.6 Å². The lowest BCUT2D eigenvalue weighted by Crippen LogP contribution is -2.48. The Morgan fingerprint density at radius 3 is 2.77 bits per heavy atom. The van der Waals surface area contributed by atoms with Crippen LogP contribution in [0.15, 0.2) is 22.9 Å². The average Bonchev–Trinajstić information content (AvgIpc) is 3.25. The highest BCUT2D eigenvalue weighted by molar-refractivity contribution is 7.20. The van der Waals surface area contributed by atoms with E-state index < -0.39 is 0 Å². The van der Waals surface area contributed by atoms with Crippen LogP contribution in [0.4, 0.5) is 0 Å². The summed E-state index contributed by atoms with van der Waals surface area (Å²) >= 11 is 3.21. The molecule has 1 amide bonds. The topological polar surface area (TPSA) is 45.2 Å². The molecule has 4 nitrogen and oxygen atoms in total. The fourth-order valence-corrected chi connectivity index (χ4v) is 5.18. The van der Waals surface area contributed by atoms with E-state index in [9.17, 15) is 4.79 Å². The van der Waals surface area contributed by atoms with Crippen molar-refractivity contribution in [1.29, 1.82) is 0 Å². The van der Waals surface area contributed by atoms with E-state index in [0.717, 1.165) is 22.7 Å². The van der Waals surface area contributed by atoms with Gasteiger partial charge < -0.3 is 10.2 Å². The minimum atomic E-state index is 0.0605. The molecular formula is C16H19N3OS2. The van der Waals surface area contributed by atoms with Crippen molar-refractivity contribution in [3.63, 3.8) is 0 Å². The van der Waals surface area contributed by atoms with Crippen LogP contribution in [-0.4, -0.2) is 41.0 Å². The molecule has 2 aliphatic rings. The maximum atomic E-state index is 12.7. The summed E-state index contributed by atoms with van der Waals surface area (Å²) in [6.07, 6.45) is 4.65. The third-order valence-corrected chi connectivity index (χ3v) is 6.65. The minimum Gasteiger partial charge on any atom is -0.337 e. The molecule has 0 spiro atoms. The summed E-state index contributed by atoms with van der Waals surface area (Å²) in [5.41, 5.74) is 0.585. The second-order valence-electron chi connectivity index (χ2n) is 6.19. The Morgan fingerprint density at radius 2 is 2.09 bits per heavy atom. The molecule has 2 unspecified atom stereocenters. The number of nitrogens with zero attached hydrogens (tertiary/aromatic N) is 2. The maximum absolute atomic E-state index is 12.7. The van der Waals surface area contributed by atoms with Crippen molar-refractivity contribution < 1.29 is 4.79 Å². The molecule has 2 aliphatic heterocycles. The minimum absolute atomic E-state index is 0.0605. The summed E-state index contributed by atoms with van der Waals surface area (Å²) in [4.78, 5) is 20.3. The zero-order valence-corrected chi connectivity index (χ0v) is 14.1. The summed E-state index contributed by atoms with van der Waals surface area (Å²) in [5.74, 6) is 0.0605. The third-order valence-electron chi connectivity index (χ3n) is 4.77. The highest BCUT2D eigenvalue weighted by atomic mass is 32.1. The van der Waals surface area contributed by atoms with E-state index >= 15 is 0 Å². The van der Waals surface area contributed by atoms with Crippen molar-refractivity contribution in [2.75, 3.05) is 7.05 Å². The first-order valence-corrected chi connectivity index (χ1v) is 9.49. The molecule has 0 aromatic carbocycles. The monoisotopic (exact) mass is 333 g/mol. The van der Waals surface area contributed by atoms with E-state index in [0.29, 0.717) is 23.8 Å². The number of nitrogens with one attached hydrogen (secondary N) is 1. The van der Waals surface area contributed by atoms with Crippen LogP contribution in [-0.2, 0) is 0 Å². The number of rotatable bonds is 3. The Labute approximate surface area is 138 Å². The smallest absolute Gasteiger partial charge is 0.273 e. The van der Waals surface area contributed by atoms with Crippen molar-refractivity contribution in [2.45, 2.75) is 43.8 Å². The van der Waals surface area contributed by atoms with E-state index in [1.54, 1.807) is 22.7 Å². The molecule has 0 radical (unpaired) electrons. The Bertz CT molecular complexity index is 655. The van der Waals surface area contributed by atoms with Crippen LogP contribution >= 0.6 is 22.7 Å². The van der Waals surface area contributed by atoms with Crippen molar-refractivity contribution in [3.8, 4) is 9.88 Å². The number of fused-ring (bicyclic) bond motifs is 2. The van der Waals surface area contributed by atoms with Gasteiger partial charge in [-0.15, -0.1) is 22.7 Å². The van der Waals surface area contributed by atoms with Gasteiger partial charge in [-0.25, -0.2) is 4.98 Å². The van der Waals surface area contributed by atoms with Crippen molar-refractivity contribution >= 4 is 28.6 Å². The fourth-order valence-electron chi connectivity index (χ4n) is 3.58. The SMILES string of the molecule is CN(C(=O)c1csc(-c2cccs2)n1)C1CC2CCC(C1)N2. The van der Waals surface area contributed by atoms with Gasteiger partial charge in [-0.3, -0.25) is 4.79 Å². The van der Waals surface area contributed by atoms with Crippen molar-refractivity contribution in [1.82, 2.24) is 15.2 Å². The Hall–Kier alpha value is -1.24. The van der Waals surface area contributed by atoms with Gasteiger partial charge in [0.1, 0.15) is 10.7 Å². The number of aromatic nitrogens is 1. The summed E-state index contributed by atoms with van der Waals surface area (Å²) in [7, 11) is 1.93. The van der Waals surface area contributed by atoms with Gasteiger partial charge in [0.25, 0.3) is 5.91 Å². The van der Waals surface area contributed by atoms with Gasteiger partial charge >= 0.3 is 0 Å². The average molecular weight is 333 g/mol. The van der Waals surface area contributed by atoms with E-state index in [-0.39, 0.29) is 5.91 Å². The number of hydrogen-bond acceptors (Lipinski definition) is 5. The van der Waals surface area contributed by atoms with Crippen LogP contribution in [0.3, 0.4) is 0 Å². The van der Waals surface area contributed by atoms with Crippen LogP contribution in [0, 0.1) is 0 Å². The normalized spacial score (nSPS) is 27.0. The van der Waals surface area contributed by atoms with Crippen LogP contribution < -0.4 is 5.32 Å². The van der Waals surface area contributed by atoms with Crippen molar-refractivity contribution in [3.05, 3.63) is 28.6 Å². The predicted molar refractivity (Wildman–Crippen MR) is 90.5 cm³/mol.